The maximum atomic E-state index is 4.62. The van der Waals surface area contributed by atoms with Gasteiger partial charge in [0.05, 0.1) is 0 Å². The first-order valence-corrected chi connectivity index (χ1v) is 11.8. The molecule has 0 bridgehead atoms. The number of aliphatic imine (C=N–C) groups is 1. The van der Waals surface area contributed by atoms with E-state index in [9.17, 15) is 0 Å². The van der Waals surface area contributed by atoms with E-state index in [0.717, 1.165) is 75.0 Å². The van der Waals surface area contributed by atoms with Gasteiger partial charge in [0, 0.05) is 77.0 Å². The molecule has 2 aromatic heterocycles. The minimum Gasteiger partial charge on any atom is -0.357 e. The molecule has 2 aromatic rings. The fourth-order valence-corrected chi connectivity index (χ4v) is 4.81. The minimum atomic E-state index is 0. The number of pyridine rings is 1. The monoisotopic (exact) mass is 556 g/mol. The SMILES string of the molecule is CCc1nsc(N2CCN(C(=NC)NCc3ccnc(N4CCCCC4)c3)CC2)n1.I. The van der Waals surface area contributed by atoms with Gasteiger partial charge in [-0.3, -0.25) is 4.99 Å². The second-order valence-corrected chi connectivity index (χ2v) is 8.52. The molecule has 0 saturated carbocycles. The molecular formula is C21H33IN8S. The number of piperidine rings is 1. The van der Waals surface area contributed by atoms with Crippen LogP contribution >= 0.6 is 35.5 Å². The van der Waals surface area contributed by atoms with Crippen molar-refractivity contribution in [3.05, 3.63) is 29.7 Å². The van der Waals surface area contributed by atoms with Crippen LogP contribution in [0.15, 0.2) is 23.3 Å². The van der Waals surface area contributed by atoms with Crippen LogP contribution in [0, 0.1) is 0 Å². The standard InChI is InChI=1S/C21H32N8S.HI/c1-3-18-25-21(30-26-18)29-13-11-28(12-14-29)20(22-2)24-16-17-7-8-23-19(15-17)27-9-5-4-6-10-27;/h7-8,15H,3-6,9-14,16H2,1-2H3,(H,22,24);1H. The highest BCUT2D eigenvalue weighted by Crippen LogP contribution is 2.20. The second-order valence-electron chi connectivity index (χ2n) is 7.79. The zero-order chi connectivity index (χ0) is 20.8. The van der Waals surface area contributed by atoms with Crippen molar-refractivity contribution < 1.29 is 0 Å². The van der Waals surface area contributed by atoms with Crippen LogP contribution in [0.3, 0.4) is 0 Å². The Morgan fingerprint density at radius 3 is 2.55 bits per heavy atom. The minimum absolute atomic E-state index is 0. The van der Waals surface area contributed by atoms with Gasteiger partial charge in [0.25, 0.3) is 0 Å². The average Bonchev–Trinajstić information content (AvgIpc) is 3.30. The fraction of sp³-hybridized carbons (Fsp3) is 0.619. The van der Waals surface area contributed by atoms with Gasteiger partial charge in [-0.25, -0.2) is 9.97 Å². The summed E-state index contributed by atoms with van der Waals surface area (Å²) in [6, 6.07) is 4.30. The first kappa shape index (κ1) is 24.0. The zero-order valence-corrected chi connectivity index (χ0v) is 21.6. The van der Waals surface area contributed by atoms with Crippen LogP contribution in [0.4, 0.5) is 10.9 Å². The van der Waals surface area contributed by atoms with E-state index in [1.807, 2.05) is 13.2 Å². The summed E-state index contributed by atoms with van der Waals surface area (Å²) in [6.07, 6.45) is 6.68. The first-order chi connectivity index (χ1) is 14.8. The summed E-state index contributed by atoms with van der Waals surface area (Å²) in [4.78, 5) is 20.8. The average molecular weight is 557 g/mol. The Morgan fingerprint density at radius 2 is 1.87 bits per heavy atom. The molecule has 2 aliphatic rings. The van der Waals surface area contributed by atoms with E-state index in [1.54, 1.807) is 0 Å². The Balaban J connectivity index is 0.00000272. The number of guanidine groups is 1. The molecule has 0 spiro atoms. The number of aryl methyl sites for hydroxylation is 1. The van der Waals surface area contributed by atoms with Gasteiger partial charge < -0.3 is 20.0 Å². The van der Waals surface area contributed by atoms with Gasteiger partial charge in [0.2, 0.25) is 5.13 Å². The molecule has 0 atom stereocenters. The van der Waals surface area contributed by atoms with E-state index < -0.39 is 0 Å². The van der Waals surface area contributed by atoms with Crippen LogP contribution in [-0.4, -0.2) is 71.5 Å². The van der Waals surface area contributed by atoms with Crippen molar-refractivity contribution in [2.45, 2.75) is 39.2 Å². The van der Waals surface area contributed by atoms with Crippen molar-refractivity contribution in [3.63, 3.8) is 0 Å². The summed E-state index contributed by atoms with van der Waals surface area (Å²) < 4.78 is 4.41. The van der Waals surface area contributed by atoms with Crippen LogP contribution < -0.4 is 15.1 Å². The highest BCUT2D eigenvalue weighted by Gasteiger charge is 2.22. The third kappa shape index (κ3) is 6.18. The molecule has 0 aromatic carbocycles. The van der Waals surface area contributed by atoms with E-state index in [2.05, 4.69) is 58.4 Å². The first-order valence-electron chi connectivity index (χ1n) is 11.0. The highest BCUT2D eigenvalue weighted by atomic mass is 127. The molecule has 0 unspecified atom stereocenters. The Morgan fingerprint density at radius 1 is 1.10 bits per heavy atom. The van der Waals surface area contributed by atoms with Crippen LogP contribution in [0.1, 0.15) is 37.6 Å². The van der Waals surface area contributed by atoms with Crippen molar-refractivity contribution in [3.8, 4) is 0 Å². The molecule has 2 aliphatic heterocycles. The molecule has 0 amide bonds. The Bertz CT molecular complexity index is 843. The quantitative estimate of drug-likeness (QED) is 0.345. The van der Waals surface area contributed by atoms with Gasteiger partial charge in [-0.15, -0.1) is 24.0 Å². The molecule has 2 saturated heterocycles. The third-order valence-electron chi connectivity index (χ3n) is 5.78. The predicted molar refractivity (Wildman–Crippen MR) is 139 cm³/mol. The molecule has 170 valence electrons. The Hall–Kier alpha value is -1.69. The van der Waals surface area contributed by atoms with E-state index in [0.29, 0.717) is 0 Å². The molecule has 31 heavy (non-hydrogen) atoms. The molecular weight excluding hydrogens is 523 g/mol. The van der Waals surface area contributed by atoms with Gasteiger partial charge in [-0.2, -0.15) is 4.37 Å². The van der Waals surface area contributed by atoms with Crippen molar-refractivity contribution in [2.75, 3.05) is 56.1 Å². The lowest BCUT2D eigenvalue weighted by atomic mass is 10.1. The summed E-state index contributed by atoms with van der Waals surface area (Å²) >= 11 is 1.51. The molecule has 4 rings (SSSR count). The third-order valence-corrected chi connectivity index (χ3v) is 6.59. The van der Waals surface area contributed by atoms with Crippen LogP contribution in [0.25, 0.3) is 0 Å². The van der Waals surface area contributed by atoms with Crippen molar-refractivity contribution in [1.82, 2.24) is 24.6 Å². The van der Waals surface area contributed by atoms with Gasteiger partial charge in [0.15, 0.2) is 5.96 Å². The maximum Gasteiger partial charge on any atom is 0.205 e. The zero-order valence-electron chi connectivity index (χ0n) is 18.5. The normalized spacial score (nSPS) is 17.5. The molecule has 8 nitrogen and oxygen atoms in total. The van der Waals surface area contributed by atoms with E-state index in [-0.39, 0.29) is 24.0 Å². The smallest absolute Gasteiger partial charge is 0.205 e. The van der Waals surface area contributed by atoms with E-state index in [4.69, 9.17) is 0 Å². The Labute approximate surface area is 206 Å². The maximum absolute atomic E-state index is 4.62. The summed E-state index contributed by atoms with van der Waals surface area (Å²) in [5.74, 6) is 3.00. The number of halogens is 1. The molecule has 10 heteroatoms. The number of piperazine rings is 1. The largest absolute Gasteiger partial charge is 0.357 e. The molecule has 0 radical (unpaired) electrons. The van der Waals surface area contributed by atoms with Gasteiger partial charge in [-0.05, 0) is 37.0 Å². The lowest BCUT2D eigenvalue weighted by molar-refractivity contribution is 0.372. The van der Waals surface area contributed by atoms with Crippen LogP contribution in [-0.2, 0) is 13.0 Å². The number of anilines is 2. The highest BCUT2D eigenvalue weighted by molar-refractivity contribution is 14.0. The summed E-state index contributed by atoms with van der Waals surface area (Å²) in [7, 11) is 1.86. The topological polar surface area (TPSA) is 72.8 Å². The Kier molecular flexibility index (Phi) is 9.12. The van der Waals surface area contributed by atoms with Gasteiger partial charge in [0.1, 0.15) is 11.6 Å². The van der Waals surface area contributed by atoms with Crippen LogP contribution in [0.2, 0.25) is 0 Å². The van der Waals surface area contributed by atoms with E-state index >= 15 is 0 Å². The van der Waals surface area contributed by atoms with Gasteiger partial charge in [-0.1, -0.05) is 6.92 Å². The number of rotatable bonds is 5. The molecule has 1 N–H and O–H groups in total. The number of nitrogens with one attached hydrogen (secondary N) is 1. The summed E-state index contributed by atoms with van der Waals surface area (Å²) in [5, 5.41) is 4.58. The van der Waals surface area contributed by atoms with Crippen LogP contribution in [0.5, 0.6) is 0 Å². The number of hydrogen-bond acceptors (Lipinski definition) is 7. The molecule has 0 aliphatic carbocycles. The lowest BCUT2D eigenvalue weighted by Gasteiger charge is -2.36. The van der Waals surface area contributed by atoms with Crippen molar-refractivity contribution in [2.24, 2.45) is 4.99 Å². The van der Waals surface area contributed by atoms with Gasteiger partial charge >= 0.3 is 0 Å². The summed E-state index contributed by atoms with van der Waals surface area (Å²) in [6.45, 7) is 8.81. The lowest BCUT2D eigenvalue weighted by Crippen LogP contribution is -2.52. The number of hydrogen-bond donors (Lipinski definition) is 1. The predicted octanol–water partition coefficient (Wildman–Crippen LogP) is 3.00. The second kappa shape index (κ2) is 11.8. The number of aromatic nitrogens is 3. The fourth-order valence-electron chi connectivity index (χ4n) is 4.01. The van der Waals surface area contributed by atoms with E-state index in [1.165, 1.54) is 36.4 Å². The molecule has 2 fully saturated rings. The van der Waals surface area contributed by atoms with Crippen molar-refractivity contribution in [1.29, 1.82) is 0 Å². The number of nitrogens with zero attached hydrogens (tertiary/aromatic N) is 7. The summed E-state index contributed by atoms with van der Waals surface area (Å²) in [5.41, 5.74) is 1.24. The molecule has 4 heterocycles. The van der Waals surface area contributed by atoms with Crippen molar-refractivity contribution >= 4 is 52.4 Å².